The number of benzene rings is 4. The standard InChI is InChI=1S/C16H15ClN2O.C15H12ClIN2O/c1-11-15-8-5-13(17)9-16(15)19(18-11)10-12-3-6-14(20-2)7-4-12;1-20-12-5-2-10(3-6-12)9-19-14-8-11(16)4-7-13(14)15(17)18-19/h3-9H,10H2,1-2H3;2-8H,9H2,1H3. The van der Waals surface area contributed by atoms with Crippen LogP contribution in [0.1, 0.15) is 16.8 Å². The monoisotopic (exact) mass is 684 g/mol. The number of ether oxygens (including phenoxy) is 2. The van der Waals surface area contributed by atoms with Crippen LogP contribution < -0.4 is 9.47 Å². The van der Waals surface area contributed by atoms with Gasteiger partial charge in [-0.1, -0.05) is 47.5 Å². The zero-order valence-electron chi connectivity index (χ0n) is 22.2. The van der Waals surface area contributed by atoms with Crippen LogP contribution in [0.4, 0.5) is 0 Å². The molecule has 0 amide bonds. The maximum atomic E-state index is 6.08. The number of aromatic nitrogens is 4. The summed E-state index contributed by atoms with van der Waals surface area (Å²) in [6, 6.07) is 27.8. The van der Waals surface area contributed by atoms with Crippen LogP contribution in [-0.2, 0) is 13.1 Å². The van der Waals surface area contributed by atoms with Crippen molar-refractivity contribution in [2.75, 3.05) is 14.2 Å². The van der Waals surface area contributed by atoms with Gasteiger partial charge in [-0.2, -0.15) is 10.2 Å². The molecule has 0 saturated carbocycles. The van der Waals surface area contributed by atoms with Gasteiger partial charge < -0.3 is 9.47 Å². The molecule has 0 unspecified atom stereocenters. The smallest absolute Gasteiger partial charge is 0.131 e. The molecule has 9 heteroatoms. The Morgan fingerprint density at radius 2 is 1.10 bits per heavy atom. The van der Waals surface area contributed by atoms with E-state index >= 15 is 0 Å². The van der Waals surface area contributed by atoms with Crippen molar-refractivity contribution in [2.45, 2.75) is 20.0 Å². The van der Waals surface area contributed by atoms with Crippen molar-refractivity contribution >= 4 is 67.6 Å². The van der Waals surface area contributed by atoms with Crippen LogP contribution in [-0.4, -0.2) is 33.8 Å². The van der Waals surface area contributed by atoms with Gasteiger partial charge in [0, 0.05) is 20.8 Å². The molecule has 6 aromatic rings. The minimum Gasteiger partial charge on any atom is -0.497 e. The van der Waals surface area contributed by atoms with Gasteiger partial charge in [-0.3, -0.25) is 9.36 Å². The van der Waals surface area contributed by atoms with E-state index in [0.717, 1.165) is 52.7 Å². The SMILES string of the molecule is COc1ccc(Cn2nc(C)c3ccc(Cl)cc32)cc1.COc1ccc(Cn2nc(I)c3ccc(Cl)cc32)cc1. The number of methoxy groups -OCH3 is 2. The predicted molar refractivity (Wildman–Crippen MR) is 171 cm³/mol. The Bertz CT molecular complexity index is 1630. The number of aryl methyl sites for hydroxylation is 1. The normalized spacial score (nSPS) is 10.9. The van der Waals surface area contributed by atoms with E-state index in [-0.39, 0.29) is 0 Å². The third-order valence-corrected chi connectivity index (χ3v) is 7.82. The first-order valence-electron chi connectivity index (χ1n) is 12.5. The average molecular weight is 685 g/mol. The average Bonchev–Trinajstić information content (AvgIpc) is 3.44. The lowest BCUT2D eigenvalue weighted by atomic mass is 10.2. The topological polar surface area (TPSA) is 54.1 Å². The number of rotatable bonds is 6. The highest BCUT2D eigenvalue weighted by molar-refractivity contribution is 14.1. The fraction of sp³-hybridized carbons (Fsp3) is 0.161. The fourth-order valence-corrected chi connectivity index (χ4v) is 5.52. The van der Waals surface area contributed by atoms with Crippen LogP contribution in [0.25, 0.3) is 21.8 Å². The van der Waals surface area contributed by atoms with Crippen LogP contribution >= 0.6 is 45.8 Å². The van der Waals surface area contributed by atoms with Crippen molar-refractivity contribution in [3.8, 4) is 11.5 Å². The van der Waals surface area contributed by atoms with Crippen LogP contribution in [0, 0.1) is 10.6 Å². The lowest BCUT2D eigenvalue weighted by Crippen LogP contribution is -2.01. The second kappa shape index (κ2) is 12.5. The number of fused-ring (bicyclic) bond motifs is 2. The number of halogens is 3. The van der Waals surface area contributed by atoms with Crippen molar-refractivity contribution in [3.05, 3.63) is 115 Å². The predicted octanol–water partition coefficient (Wildman–Crippen LogP) is 8.41. The molecule has 0 spiro atoms. The molecule has 6 nitrogen and oxygen atoms in total. The molecule has 0 fully saturated rings. The van der Waals surface area contributed by atoms with E-state index < -0.39 is 0 Å². The van der Waals surface area contributed by atoms with Gasteiger partial charge in [-0.05, 0) is 101 Å². The molecule has 0 aliphatic rings. The molecule has 4 aromatic carbocycles. The third kappa shape index (κ3) is 6.37. The van der Waals surface area contributed by atoms with Crippen molar-refractivity contribution in [1.29, 1.82) is 0 Å². The van der Waals surface area contributed by atoms with Gasteiger partial charge in [-0.15, -0.1) is 0 Å². The van der Waals surface area contributed by atoms with Crippen molar-refractivity contribution < 1.29 is 9.47 Å². The summed E-state index contributed by atoms with van der Waals surface area (Å²) < 4.78 is 15.3. The minimum atomic E-state index is 0.712. The molecule has 0 aliphatic heterocycles. The Balaban J connectivity index is 0.000000161. The van der Waals surface area contributed by atoms with Crippen molar-refractivity contribution in [1.82, 2.24) is 19.6 Å². The van der Waals surface area contributed by atoms with Gasteiger partial charge in [0.25, 0.3) is 0 Å². The first-order valence-corrected chi connectivity index (χ1v) is 14.4. The van der Waals surface area contributed by atoms with E-state index in [1.165, 1.54) is 11.1 Å². The van der Waals surface area contributed by atoms with Gasteiger partial charge in [0.15, 0.2) is 0 Å². The summed E-state index contributed by atoms with van der Waals surface area (Å²) >= 11 is 14.4. The lowest BCUT2D eigenvalue weighted by Gasteiger charge is -2.05. The Morgan fingerprint density at radius 3 is 1.60 bits per heavy atom. The summed E-state index contributed by atoms with van der Waals surface area (Å²) in [4.78, 5) is 0. The summed E-state index contributed by atoms with van der Waals surface area (Å²) in [7, 11) is 3.34. The molecule has 0 N–H and O–H groups in total. The second-order valence-electron chi connectivity index (χ2n) is 9.21. The Kier molecular flexibility index (Phi) is 8.83. The molecule has 6 rings (SSSR count). The maximum absolute atomic E-state index is 6.08. The van der Waals surface area contributed by atoms with Crippen LogP contribution in [0.3, 0.4) is 0 Å². The lowest BCUT2D eigenvalue weighted by molar-refractivity contribution is 0.414. The fourth-order valence-electron chi connectivity index (χ4n) is 4.47. The highest BCUT2D eigenvalue weighted by Gasteiger charge is 2.10. The molecule has 204 valence electrons. The van der Waals surface area contributed by atoms with Crippen LogP contribution in [0.5, 0.6) is 11.5 Å². The Labute approximate surface area is 256 Å². The first-order chi connectivity index (χ1) is 19.3. The molecule has 0 atom stereocenters. The molecule has 0 aliphatic carbocycles. The number of hydrogen-bond donors (Lipinski definition) is 0. The summed E-state index contributed by atoms with van der Waals surface area (Å²) in [5.74, 6) is 1.72. The summed E-state index contributed by atoms with van der Waals surface area (Å²) in [6.07, 6.45) is 0. The molecular weight excluding hydrogens is 658 g/mol. The van der Waals surface area contributed by atoms with E-state index in [1.54, 1.807) is 14.2 Å². The second-order valence-corrected chi connectivity index (χ2v) is 11.1. The number of hydrogen-bond acceptors (Lipinski definition) is 4. The van der Waals surface area contributed by atoms with Gasteiger partial charge in [0.05, 0.1) is 44.0 Å². The van der Waals surface area contributed by atoms with Crippen molar-refractivity contribution in [2.24, 2.45) is 0 Å². The largest absolute Gasteiger partial charge is 0.497 e. The first kappa shape index (κ1) is 28.3. The van der Waals surface area contributed by atoms with E-state index in [9.17, 15) is 0 Å². The zero-order valence-corrected chi connectivity index (χ0v) is 25.9. The van der Waals surface area contributed by atoms with Gasteiger partial charge >= 0.3 is 0 Å². The van der Waals surface area contributed by atoms with E-state index in [2.05, 4.69) is 32.8 Å². The molecule has 40 heavy (non-hydrogen) atoms. The van der Waals surface area contributed by atoms with Crippen molar-refractivity contribution in [3.63, 3.8) is 0 Å². The van der Waals surface area contributed by atoms with Gasteiger partial charge in [-0.25, -0.2) is 0 Å². The zero-order chi connectivity index (χ0) is 28.2. The number of nitrogens with zero attached hydrogens (tertiary/aromatic N) is 4. The van der Waals surface area contributed by atoms with Crippen LogP contribution in [0.15, 0.2) is 84.9 Å². The van der Waals surface area contributed by atoms with Gasteiger partial charge in [0.2, 0.25) is 0 Å². The molecule has 2 aromatic heterocycles. The highest BCUT2D eigenvalue weighted by atomic mass is 127. The Hall–Kier alpha value is -3.27. The van der Waals surface area contributed by atoms with Crippen LogP contribution in [0.2, 0.25) is 10.0 Å². The maximum Gasteiger partial charge on any atom is 0.131 e. The quantitative estimate of drug-likeness (QED) is 0.165. The van der Waals surface area contributed by atoms with E-state index in [1.807, 2.05) is 101 Å². The Morgan fingerprint density at radius 1 is 0.650 bits per heavy atom. The summed E-state index contributed by atoms with van der Waals surface area (Å²) in [6.45, 7) is 3.44. The molecule has 0 saturated heterocycles. The summed E-state index contributed by atoms with van der Waals surface area (Å²) in [5, 5.41) is 12.9. The van der Waals surface area contributed by atoms with E-state index in [0.29, 0.717) is 13.1 Å². The minimum absolute atomic E-state index is 0.712. The molecule has 0 bridgehead atoms. The van der Waals surface area contributed by atoms with Gasteiger partial charge in [0.1, 0.15) is 15.2 Å². The van der Waals surface area contributed by atoms with E-state index in [4.69, 9.17) is 32.7 Å². The molecule has 0 radical (unpaired) electrons. The molecular formula is C31H27Cl2IN4O2. The summed E-state index contributed by atoms with van der Waals surface area (Å²) in [5.41, 5.74) is 5.48. The third-order valence-electron chi connectivity index (χ3n) is 6.55. The highest BCUT2D eigenvalue weighted by Crippen LogP contribution is 2.25. The molecule has 2 heterocycles.